The van der Waals surface area contributed by atoms with Gasteiger partial charge in [0, 0.05) is 6.54 Å². The highest BCUT2D eigenvalue weighted by atomic mass is 16.5. The van der Waals surface area contributed by atoms with E-state index in [9.17, 15) is 0 Å². The molecule has 1 aliphatic heterocycles. The maximum absolute atomic E-state index is 5.66. The molecule has 0 saturated heterocycles. The van der Waals surface area contributed by atoms with E-state index in [2.05, 4.69) is 23.7 Å². The van der Waals surface area contributed by atoms with Crippen LogP contribution in [0.3, 0.4) is 0 Å². The second-order valence-corrected chi connectivity index (χ2v) is 3.52. The van der Waals surface area contributed by atoms with Gasteiger partial charge in [-0.3, -0.25) is 0 Å². The molecule has 0 saturated carbocycles. The van der Waals surface area contributed by atoms with E-state index in [4.69, 9.17) is 10.5 Å². The van der Waals surface area contributed by atoms with Crippen molar-refractivity contribution >= 4 is 11.6 Å². The molecule has 0 aliphatic carbocycles. The SMILES string of the molecule is CCN1CC(C)Oc2ccc(N)nc21. The van der Waals surface area contributed by atoms with Crippen LogP contribution < -0.4 is 15.4 Å². The van der Waals surface area contributed by atoms with Crippen LogP contribution in [0.4, 0.5) is 11.6 Å². The third kappa shape index (κ3) is 1.47. The molecule has 2 rings (SSSR count). The molecule has 76 valence electrons. The predicted octanol–water partition coefficient (Wildman–Crippen LogP) is 1.27. The highest BCUT2D eigenvalue weighted by Gasteiger charge is 2.22. The first kappa shape index (κ1) is 9.12. The molecular formula is C10H15N3O. The smallest absolute Gasteiger partial charge is 0.173 e. The van der Waals surface area contributed by atoms with Crippen LogP contribution in [0.25, 0.3) is 0 Å². The molecule has 0 amide bonds. The van der Waals surface area contributed by atoms with E-state index in [0.717, 1.165) is 24.7 Å². The highest BCUT2D eigenvalue weighted by Crippen LogP contribution is 2.31. The third-order valence-electron chi connectivity index (χ3n) is 2.35. The number of nitrogen functional groups attached to an aromatic ring is 1. The van der Waals surface area contributed by atoms with Gasteiger partial charge < -0.3 is 15.4 Å². The van der Waals surface area contributed by atoms with Crippen LogP contribution >= 0.6 is 0 Å². The number of nitrogens with two attached hydrogens (primary N) is 1. The maximum atomic E-state index is 5.66. The summed E-state index contributed by atoms with van der Waals surface area (Å²) in [5.74, 6) is 2.24. The van der Waals surface area contributed by atoms with Crippen molar-refractivity contribution < 1.29 is 4.74 Å². The van der Waals surface area contributed by atoms with Gasteiger partial charge in [-0.2, -0.15) is 0 Å². The largest absolute Gasteiger partial charge is 0.485 e. The lowest BCUT2D eigenvalue weighted by Crippen LogP contribution is -2.38. The fourth-order valence-corrected chi connectivity index (χ4v) is 1.70. The molecule has 1 aliphatic rings. The lowest BCUT2D eigenvalue weighted by Gasteiger charge is -2.33. The van der Waals surface area contributed by atoms with E-state index in [-0.39, 0.29) is 6.10 Å². The van der Waals surface area contributed by atoms with Gasteiger partial charge in [0.2, 0.25) is 0 Å². The Kier molecular flexibility index (Phi) is 2.19. The molecule has 0 spiro atoms. The maximum Gasteiger partial charge on any atom is 0.173 e. The van der Waals surface area contributed by atoms with Crippen molar-refractivity contribution in [3.8, 4) is 5.75 Å². The van der Waals surface area contributed by atoms with Crippen LogP contribution in [0.5, 0.6) is 5.75 Å². The van der Waals surface area contributed by atoms with Crippen molar-refractivity contribution in [1.29, 1.82) is 0 Å². The molecule has 0 aromatic carbocycles. The molecule has 2 N–H and O–H groups in total. The number of rotatable bonds is 1. The number of pyridine rings is 1. The van der Waals surface area contributed by atoms with Gasteiger partial charge in [0.15, 0.2) is 11.6 Å². The second kappa shape index (κ2) is 3.36. The van der Waals surface area contributed by atoms with Crippen LogP contribution in [-0.2, 0) is 0 Å². The summed E-state index contributed by atoms with van der Waals surface area (Å²) in [5.41, 5.74) is 5.64. The van der Waals surface area contributed by atoms with E-state index in [1.807, 2.05) is 6.07 Å². The number of nitrogens with zero attached hydrogens (tertiary/aromatic N) is 2. The summed E-state index contributed by atoms with van der Waals surface area (Å²) in [7, 11) is 0. The first-order valence-electron chi connectivity index (χ1n) is 4.89. The summed E-state index contributed by atoms with van der Waals surface area (Å²) in [6.45, 7) is 5.96. The van der Waals surface area contributed by atoms with E-state index >= 15 is 0 Å². The molecule has 1 aromatic rings. The monoisotopic (exact) mass is 193 g/mol. The van der Waals surface area contributed by atoms with Crippen LogP contribution in [0, 0.1) is 0 Å². The van der Waals surface area contributed by atoms with E-state index in [0.29, 0.717) is 5.82 Å². The molecule has 4 heteroatoms. The summed E-state index contributed by atoms with van der Waals surface area (Å²) in [5, 5.41) is 0. The Labute approximate surface area is 83.7 Å². The minimum Gasteiger partial charge on any atom is -0.485 e. The van der Waals surface area contributed by atoms with Crippen LogP contribution in [0.15, 0.2) is 12.1 Å². The minimum absolute atomic E-state index is 0.216. The third-order valence-corrected chi connectivity index (χ3v) is 2.35. The van der Waals surface area contributed by atoms with E-state index in [1.54, 1.807) is 6.07 Å². The molecule has 0 radical (unpaired) electrons. The Morgan fingerprint density at radius 2 is 2.43 bits per heavy atom. The number of aromatic nitrogens is 1. The van der Waals surface area contributed by atoms with Gasteiger partial charge in [-0.1, -0.05) is 0 Å². The number of likely N-dealkylation sites (N-methyl/N-ethyl adjacent to an activating group) is 1. The second-order valence-electron chi connectivity index (χ2n) is 3.52. The average molecular weight is 193 g/mol. The van der Waals surface area contributed by atoms with Crippen molar-refractivity contribution in [3.63, 3.8) is 0 Å². The summed E-state index contributed by atoms with van der Waals surface area (Å²) in [4.78, 5) is 6.46. The number of anilines is 2. The normalized spacial score (nSPS) is 20.1. The summed E-state index contributed by atoms with van der Waals surface area (Å²) in [6, 6.07) is 3.65. The molecule has 0 bridgehead atoms. The fourth-order valence-electron chi connectivity index (χ4n) is 1.70. The molecule has 1 unspecified atom stereocenters. The molecule has 1 atom stereocenters. The van der Waals surface area contributed by atoms with Crippen molar-refractivity contribution in [2.45, 2.75) is 20.0 Å². The zero-order valence-electron chi connectivity index (χ0n) is 8.53. The Bertz CT molecular complexity index is 340. The summed E-state index contributed by atoms with van der Waals surface area (Å²) >= 11 is 0. The van der Waals surface area contributed by atoms with Gasteiger partial charge in [0.05, 0.1) is 6.54 Å². The summed E-state index contributed by atoms with van der Waals surface area (Å²) in [6.07, 6.45) is 0.216. The fraction of sp³-hybridized carbons (Fsp3) is 0.500. The Morgan fingerprint density at radius 1 is 1.64 bits per heavy atom. The van der Waals surface area contributed by atoms with Gasteiger partial charge in [-0.05, 0) is 26.0 Å². The zero-order valence-corrected chi connectivity index (χ0v) is 8.53. The molecule has 1 aromatic heterocycles. The number of hydrogen-bond acceptors (Lipinski definition) is 4. The highest BCUT2D eigenvalue weighted by molar-refractivity contribution is 5.57. The Hall–Kier alpha value is -1.45. The topological polar surface area (TPSA) is 51.4 Å². The lowest BCUT2D eigenvalue weighted by molar-refractivity contribution is 0.211. The van der Waals surface area contributed by atoms with Crippen LogP contribution in [0.1, 0.15) is 13.8 Å². The van der Waals surface area contributed by atoms with Gasteiger partial charge in [0.25, 0.3) is 0 Å². The first-order chi connectivity index (χ1) is 6.70. The molecule has 0 fully saturated rings. The van der Waals surface area contributed by atoms with Crippen molar-refractivity contribution in [1.82, 2.24) is 4.98 Å². The Balaban J connectivity index is 2.41. The van der Waals surface area contributed by atoms with Gasteiger partial charge in [0.1, 0.15) is 11.9 Å². The van der Waals surface area contributed by atoms with Crippen molar-refractivity contribution in [3.05, 3.63) is 12.1 Å². The van der Waals surface area contributed by atoms with Gasteiger partial charge in [-0.25, -0.2) is 4.98 Å². The van der Waals surface area contributed by atoms with Crippen molar-refractivity contribution in [2.75, 3.05) is 23.7 Å². The Morgan fingerprint density at radius 3 is 3.14 bits per heavy atom. The number of fused-ring (bicyclic) bond motifs is 1. The van der Waals surface area contributed by atoms with E-state index < -0.39 is 0 Å². The lowest BCUT2D eigenvalue weighted by atomic mass is 10.2. The van der Waals surface area contributed by atoms with Gasteiger partial charge >= 0.3 is 0 Å². The molecule has 14 heavy (non-hydrogen) atoms. The van der Waals surface area contributed by atoms with Gasteiger partial charge in [-0.15, -0.1) is 0 Å². The zero-order chi connectivity index (χ0) is 10.1. The molecular weight excluding hydrogens is 178 g/mol. The van der Waals surface area contributed by atoms with E-state index in [1.165, 1.54) is 0 Å². The van der Waals surface area contributed by atoms with Crippen LogP contribution in [0.2, 0.25) is 0 Å². The predicted molar refractivity (Wildman–Crippen MR) is 56.6 cm³/mol. The molecule has 4 nitrogen and oxygen atoms in total. The minimum atomic E-state index is 0.216. The first-order valence-corrected chi connectivity index (χ1v) is 4.89. The quantitative estimate of drug-likeness (QED) is 0.729. The van der Waals surface area contributed by atoms with Crippen molar-refractivity contribution in [2.24, 2.45) is 0 Å². The molecule has 2 heterocycles. The summed E-state index contributed by atoms with van der Waals surface area (Å²) < 4.78 is 5.66. The van der Waals surface area contributed by atoms with Crippen LogP contribution in [-0.4, -0.2) is 24.2 Å². The average Bonchev–Trinajstić information content (AvgIpc) is 2.17. The number of ether oxygens (including phenoxy) is 1. The standard InChI is InChI=1S/C10H15N3O/c1-3-13-6-7(2)14-8-4-5-9(11)12-10(8)13/h4-5,7H,3,6H2,1-2H3,(H2,11,12). The number of hydrogen-bond donors (Lipinski definition) is 1.